The van der Waals surface area contributed by atoms with Gasteiger partial charge in [0.15, 0.2) is 0 Å². The van der Waals surface area contributed by atoms with E-state index in [-0.39, 0.29) is 24.0 Å². The number of hydrogen-bond donors (Lipinski definition) is 1. The van der Waals surface area contributed by atoms with Crippen LogP contribution in [0.4, 0.5) is 10.5 Å². The van der Waals surface area contributed by atoms with E-state index in [0.29, 0.717) is 11.3 Å². The van der Waals surface area contributed by atoms with Crippen molar-refractivity contribution >= 4 is 57.5 Å². The lowest BCUT2D eigenvalue weighted by Crippen LogP contribution is -2.34. The number of thioether (sulfide) groups is 1. The Labute approximate surface area is 194 Å². The number of fused-ring (bicyclic) bond motifs is 1. The number of nitrogens with one attached hydrogen (secondary N) is 1. The summed E-state index contributed by atoms with van der Waals surface area (Å²) < 4.78 is 6.63. The van der Waals surface area contributed by atoms with Crippen molar-refractivity contribution in [3.05, 3.63) is 71.3 Å². The van der Waals surface area contributed by atoms with E-state index in [2.05, 4.69) is 5.32 Å². The predicted molar refractivity (Wildman–Crippen MR) is 126 cm³/mol. The van der Waals surface area contributed by atoms with E-state index in [0.717, 1.165) is 27.6 Å². The third-order valence-corrected chi connectivity index (χ3v) is 5.85. The number of para-hydroxylation sites is 2. The number of rotatable bonds is 7. The normalized spacial score (nSPS) is 14.8. The molecule has 0 atom stereocenters. The summed E-state index contributed by atoms with van der Waals surface area (Å²) in [6, 6.07) is 16.7. The quantitative estimate of drug-likeness (QED) is 0.422. The summed E-state index contributed by atoms with van der Waals surface area (Å²) in [5, 5.41) is 3.17. The van der Waals surface area contributed by atoms with Crippen LogP contribution < -0.4 is 5.32 Å². The number of carbonyl (C=O) groups is 4. The fraction of sp³-hybridized carbons (Fsp3) is 0.167. The van der Waals surface area contributed by atoms with Gasteiger partial charge in [0.25, 0.3) is 11.1 Å². The van der Waals surface area contributed by atoms with Crippen LogP contribution in [0, 0.1) is 0 Å². The summed E-state index contributed by atoms with van der Waals surface area (Å²) in [5.41, 5.74) is 2.21. The van der Waals surface area contributed by atoms with Gasteiger partial charge in [0.2, 0.25) is 5.91 Å². The Kier molecular flexibility index (Phi) is 6.60. The van der Waals surface area contributed by atoms with Crippen LogP contribution in [-0.2, 0) is 25.7 Å². The Morgan fingerprint density at radius 1 is 1.03 bits per heavy atom. The molecule has 1 aliphatic rings. The van der Waals surface area contributed by atoms with Gasteiger partial charge in [-0.3, -0.25) is 24.1 Å². The number of esters is 1. The van der Waals surface area contributed by atoms with Crippen molar-refractivity contribution in [1.29, 1.82) is 0 Å². The van der Waals surface area contributed by atoms with Gasteiger partial charge in [-0.25, -0.2) is 0 Å². The minimum atomic E-state index is -0.637. The van der Waals surface area contributed by atoms with Crippen LogP contribution in [0.1, 0.15) is 12.5 Å². The summed E-state index contributed by atoms with van der Waals surface area (Å²) in [4.78, 5) is 50.4. The molecule has 1 N–H and O–H groups in total. The molecule has 168 valence electrons. The Morgan fingerprint density at radius 3 is 2.52 bits per heavy atom. The van der Waals surface area contributed by atoms with Crippen LogP contribution >= 0.6 is 11.8 Å². The molecule has 2 heterocycles. The molecule has 0 spiro atoms. The average Bonchev–Trinajstić information content (AvgIpc) is 3.27. The van der Waals surface area contributed by atoms with Crippen molar-refractivity contribution in [2.75, 3.05) is 18.5 Å². The van der Waals surface area contributed by atoms with Crippen LogP contribution in [0.25, 0.3) is 17.0 Å². The predicted octanol–water partition coefficient (Wildman–Crippen LogP) is 3.88. The lowest BCUT2D eigenvalue weighted by Gasteiger charge is -2.10. The number of amides is 3. The number of imide groups is 1. The van der Waals surface area contributed by atoms with Crippen molar-refractivity contribution < 1.29 is 23.9 Å². The molecular weight excluding hydrogens is 442 g/mol. The van der Waals surface area contributed by atoms with Gasteiger partial charge in [-0.05, 0) is 43.0 Å². The van der Waals surface area contributed by atoms with E-state index in [1.54, 1.807) is 23.8 Å². The average molecular weight is 464 g/mol. The molecule has 0 unspecified atom stereocenters. The zero-order valence-electron chi connectivity index (χ0n) is 17.8. The molecule has 0 bridgehead atoms. The summed E-state index contributed by atoms with van der Waals surface area (Å²) in [5.74, 6) is -1.37. The fourth-order valence-electron chi connectivity index (χ4n) is 3.51. The monoisotopic (exact) mass is 463 g/mol. The standard InChI is InChI=1S/C24H21N3O5S/c1-2-32-22(29)15-27-23(30)20(33-24(27)31)12-16-13-26(19-11-7-6-10-18(16)19)14-21(28)25-17-8-4-3-5-9-17/h3-13H,2,14-15H2,1H3,(H,25,28). The Bertz CT molecular complexity index is 1270. The number of anilines is 1. The summed E-state index contributed by atoms with van der Waals surface area (Å²) in [7, 11) is 0. The highest BCUT2D eigenvalue weighted by Crippen LogP contribution is 2.34. The van der Waals surface area contributed by atoms with Gasteiger partial charge < -0.3 is 14.6 Å². The van der Waals surface area contributed by atoms with E-state index in [1.165, 1.54) is 0 Å². The van der Waals surface area contributed by atoms with E-state index in [1.807, 2.05) is 54.6 Å². The van der Waals surface area contributed by atoms with Crippen LogP contribution in [0.5, 0.6) is 0 Å². The number of hydrogen-bond acceptors (Lipinski definition) is 6. The number of carbonyl (C=O) groups excluding carboxylic acids is 4. The molecule has 2 aromatic carbocycles. The van der Waals surface area contributed by atoms with E-state index in [4.69, 9.17) is 4.74 Å². The molecule has 1 aliphatic heterocycles. The van der Waals surface area contributed by atoms with Crippen molar-refractivity contribution in [2.24, 2.45) is 0 Å². The molecule has 0 saturated carbocycles. The fourth-order valence-corrected chi connectivity index (χ4v) is 4.34. The van der Waals surface area contributed by atoms with Crippen molar-refractivity contribution in [1.82, 2.24) is 9.47 Å². The topological polar surface area (TPSA) is 97.7 Å². The van der Waals surface area contributed by atoms with Gasteiger partial charge in [0.05, 0.1) is 11.5 Å². The molecule has 0 aliphatic carbocycles. The largest absolute Gasteiger partial charge is 0.465 e. The first kappa shape index (κ1) is 22.3. The Hall–Kier alpha value is -3.85. The maximum absolute atomic E-state index is 12.7. The van der Waals surface area contributed by atoms with Gasteiger partial charge in [0.1, 0.15) is 13.1 Å². The van der Waals surface area contributed by atoms with Crippen molar-refractivity contribution in [2.45, 2.75) is 13.5 Å². The smallest absolute Gasteiger partial charge is 0.326 e. The van der Waals surface area contributed by atoms with Crippen molar-refractivity contribution in [3.8, 4) is 0 Å². The highest BCUT2D eigenvalue weighted by Gasteiger charge is 2.36. The van der Waals surface area contributed by atoms with E-state index >= 15 is 0 Å². The zero-order chi connectivity index (χ0) is 23.4. The highest BCUT2D eigenvalue weighted by atomic mass is 32.2. The Morgan fingerprint density at radius 2 is 1.76 bits per heavy atom. The molecular formula is C24H21N3O5S. The molecule has 1 aromatic heterocycles. The Balaban J connectivity index is 1.58. The van der Waals surface area contributed by atoms with Gasteiger partial charge in [0, 0.05) is 28.4 Å². The first-order chi connectivity index (χ1) is 16.0. The van der Waals surface area contributed by atoms with Crippen LogP contribution in [0.3, 0.4) is 0 Å². The minimum Gasteiger partial charge on any atom is -0.465 e. The number of aromatic nitrogens is 1. The second kappa shape index (κ2) is 9.74. The molecule has 0 radical (unpaired) electrons. The van der Waals surface area contributed by atoms with Gasteiger partial charge in [-0.15, -0.1) is 0 Å². The van der Waals surface area contributed by atoms with E-state index < -0.39 is 23.7 Å². The first-order valence-corrected chi connectivity index (χ1v) is 11.1. The lowest BCUT2D eigenvalue weighted by molar-refractivity contribution is -0.146. The SMILES string of the molecule is CCOC(=O)CN1C(=O)SC(=Cc2cn(CC(=O)Nc3ccccc3)c3ccccc23)C1=O. The third kappa shape index (κ3) is 4.98. The number of benzene rings is 2. The van der Waals surface area contributed by atoms with Gasteiger partial charge in [-0.1, -0.05) is 36.4 Å². The maximum Gasteiger partial charge on any atom is 0.326 e. The molecule has 4 rings (SSSR count). The number of nitrogens with zero attached hydrogens (tertiary/aromatic N) is 2. The molecule has 9 heteroatoms. The molecule has 1 saturated heterocycles. The van der Waals surface area contributed by atoms with Crippen LogP contribution in [0.15, 0.2) is 65.7 Å². The van der Waals surface area contributed by atoms with Crippen LogP contribution in [0.2, 0.25) is 0 Å². The molecule has 3 aromatic rings. The molecule has 1 fully saturated rings. The molecule has 3 amide bonds. The molecule has 8 nitrogen and oxygen atoms in total. The third-order valence-electron chi connectivity index (χ3n) is 4.94. The zero-order valence-corrected chi connectivity index (χ0v) is 18.6. The lowest BCUT2D eigenvalue weighted by atomic mass is 10.1. The molecule has 33 heavy (non-hydrogen) atoms. The highest BCUT2D eigenvalue weighted by molar-refractivity contribution is 8.18. The van der Waals surface area contributed by atoms with Gasteiger partial charge >= 0.3 is 5.97 Å². The van der Waals surface area contributed by atoms with Crippen molar-refractivity contribution in [3.63, 3.8) is 0 Å². The second-order valence-corrected chi connectivity index (χ2v) is 8.21. The minimum absolute atomic E-state index is 0.0770. The van der Waals surface area contributed by atoms with Gasteiger partial charge in [-0.2, -0.15) is 0 Å². The summed E-state index contributed by atoms with van der Waals surface area (Å²) in [6.45, 7) is 1.48. The summed E-state index contributed by atoms with van der Waals surface area (Å²) in [6.07, 6.45) is 3.39. The number of ether oxygens (including phenoxy) is 1. The van der Waals surface area contributed by atoms with Crippen LogP contribution in [-0.4, -0.2) is 45.6 Å². The summed E-state index contributed by atoms with van der Waals surface area (Å²) >= 11 is 0.772. The first-order valence-electron chi connectivity index (χ1n) is 10.3. The maximum atomic E-state index is 12.7. The van der Waals surface area contributed by atoms with E-state index in [9.17, 15) is 19.2 Å². The second-order valence-electron chi connectivity index (χ2n) is 7.22.